The number of oxazole rings is 1. The van der Waals surface area contributed by atoms with Crippen LogP contribution in [0.2, 0.25) is 0 Å². The largest absolute Gasteiger partial charge is 0.444 e. The van der Waals surface area contributed by atoms with Gasteiger partial charge in [0.05, 0.1) is 0 Å². The number of anilines is 1. The molecule has 26 heavy (non-hydrogen) atoms. The Labute approximate surface area is 151 Å². The monoisotopic (exact) mass is 358 g/mol. The minimum atomic E-state index is -0.668. The van der Waals surface area contributed by atoms with E-state index in [4.69, 9.17) is 14.9 Å². The molecule has 0 radical (unpaired) electrons. The summed E-state index contributed by atoms with van der Waals surface area (Å²) in [5, 5.41) is 0. The zero-order valence-electron chi connectivity index (χ0n) is 15.1. The second-order valence-electron chi connectivity index (χ2n) is 7.34. The van der Waals surface area contributed by atoms with Crippen molar-refractivity contribution in [1.29, 1.82) is 0 Å². The summed E-state index contributed by atoms with van der Waals surface area (Å²) >= 11 is 0. The lowest BCUT2D eigenvalue weighted by Gasteiger charge is -2.27. The van der Waals surface area contributed by atoms with E-state index in [1.54, 1.807) is 18.3 Å². The highest BCUT2D eigenvalue weighted by atomic mass is 16.6. The average molecular weight is 358 g/mol. The van der Waals surface area contributed by atoms with Gasteiger partial charge in [0.25, 0.3) is 5.91 Å². The highest BCUT2D eigenvalue weighted by molar-refractivity contribution is 5.91. The fourth-order valence-corrected chi connectivity index (χ4v) is 2.36. The molecular weight excluding hydrogens is 336 g/mol. The molecule has 2 aromatic heterocycles. The van der Waals surface area contributed by atoms with Crippen LogP contribution in [0.5, 0.6) is 0 Å². The molecule has 0 aromatic carbocycles. The quantitative estimate of drug-likeness (QED) is 0.879. The third-order valence-electron chi connectivity index (χ3n) is 3.78. The molecule has 2 aromatic rings. The molecule has 0 bridgehead atoms. The van der Waals surface area contributed by atoms with Crippen molar-refractivity contribution in [3.63, 3.8) is 0 Å². The lowest BCUT2D eigenvalue weighted by Crippen LogP contribution is -2.38. The Hall–Kier alpha value is -2.90. The predicted molar refractivity (Wildman–Crippen MR) is 94.6 cm³/mol. The van der Waals surface area contributed by atoms with Gasteiger partial charge in [0.15, 0.2) is 5.69 Å². The molecule has 0 aliphatic heterocycles. The third kappa shape index (κ3) is 4.38. The molecular formula is C18H22N4O4. The average Bonchev–Trinajstić information content (AvgIpc) is 3.23. The molecule has 1 aliphatic rings. The molecule has 2 heterocycles. The standard InChI is InChI=1S/C18H22N4O4/c1-18(2,3)26-17(24)22(9-11-4-5-11)14-8-12(6-7-20-14)16-21-13(10-25-16)15(19)23/h6-8,10-11H,4-5,9H2,1-3H3,(H2,19,23). The summed E-state index contributed by atoms with van der Waals surface area (Å²) in [7, 11) is 0. The Morgan fingerprint density at radius 3 is 2.69 bits per heavy atom. The number of carbonyl (C=O) groups excluding carboxylic acids is 2. The van der Waals surface area contributed by atoms with Crippen molar-refractivity contribution in [2.45, 2.75) is 39.2 Å². The summed E-state index contributed by atoms with van der Waals surface area (Å²) in [6.45, 7) is 6.01. The van der Waals surface area contributed by atoms with Gasteiger partial charge in [-0.15, -0.1) is 0 Å². The van der Waals surface area contributed by atoms with Crippen LogP contribution in [0.3, 0.4) is 0 Å². The molecule has 1 aliphatic carbocycles. The summed E-state index contributed by atoms with van der Waals surface area (Å²) in [6, 6.07) is 3.37. The van der Waals surface area contributed by atoms with Crippen LogP contribution in [0.1, 0.15) is 44.1 Å². The van der Waals surface area contributed by atoms with Crippen LogP contribution in [0.4, 0.5) is 10.6 Å². The van der Waals surface area contributed by atoms with E-state index >= 15 is 0 Å². The fraction of sp³-hybridized carbons (Fsp3) is 0.444. The van der Waals surface area contributed by atoms with Gasteiger partial charge in [-0.3, -0.25) is 9.69 Å². The van der Waals surface area contributed by atoms with E-state index in [-0.39, 0.29) is 11.6 Å². The van der Waals surface area contributed by atoms with Crippen LogP contribution in [-0.4, -0.2) is 34.1 Å². The van der Waals surface area contributed by atoms with E-state index < -0.39 is 17.6 Å². The Balaban J connectivity index is 1.88. The summed E-state index contributed by atoms with van der Waals surface area (Å²) in [5.41, 5.74) is 5.23. The molecule has 8 heteroatoms. The van der Waals surface area contributed by atoms with Crippen LogP contribution < -0.4 is 10.6 Å². The SMILES string of the molecule is CC(C)(C)OC(=O)N(CC1CC1)c1cc(-c2nc(C(N)=O)co2)ccn1. The number of amides is 2. The van der Waals surface area contributed by atoms with Crippen molar-refractivity contribution in [2.24, 2.45) is 11.7 Å². The number of hydrogen-bond acceptors (Lipinski definition) is 6. The van der Waals surface area contributed by atoms with E-state index in [2.05, 4.69) is 9.97 Å². The first-order valence-electron chi connectivity index (χ1n) is 8.45. The highest BCUT2D eigenvalue weighted by Crippen LogP contribution is 2.32. The van der Waals surface area contributed by atoms with Gasteiger partial charge >= 0.3 is 6.09 Å². The van der Waals surface area contributed by atoms with Crippen LogP contribution in [0.15, 0.2) is 29.0 Å². The van der Waals surface area contributed by atoms with Crippen LogP contribution in [0.25, 0.3) is 11.5 Å². The fourth-order valence-electron chi connectivity index (χ4n) is 2.36. The van der Waals surface area contributed by atoms with E-state index in [9.17, 15) is 9.59 Å². The third-order valence-corrected chi connectivity index (χ3v) is 3.78. The Kier molecular flexibility index (Phi) is 4.67. The first kappa shape index (κ1) is 17.9. The second kappa shape index (κ2) is 6.78. The minimum Gasteiger partial charge on any atom is -0.444 e. The van der Waals surface area contributed by atoms with Gasteiger partial charge in [0.2, 0.25) is 5.89 Å². The van der Waals surface area contributed by atoms with Gasteiger partial charge < -0.3 is 14.9 Å². The topological polar surface area (TPSA) is 112 Å². The normalized spacial score (nSPS) is 14.1. The molecule has 1 fully saturated rings. The number of hydrogen-bond donors (Lipinski definition) is 1. The number of ether oxygens (including phenoxy) is 1. The Morgan fingerprint density at radius 1 is 1.38 bits per heavy atom. The van der Waals surface area contributed by atoms with Crippen LogP contribution in [-0.2, 0) is 4.74 Å². The smallest absolute Gasteiger partial charge is 0.416 e. The molecule has 3 rings (SSSR count). The second-order valence-corrected chi connectivity index (χ2v) is 7.34. The highest BCUT2D eigenvalue weighted by Gasteiger charge is 2.31. The molecule has 2 amide bonds. The predicted octanol–water partition coefficient (Wildman–Crippen LogP) is 2.99. The van der Waals surface area contributed by atoms with Crippen molar-refractivity contribution >= 4 is 17.8 Å². The summed E-state index contributed by atoms with van der Waals surface area (Å²) in [5.74, 6) is 0.468. The molecule has 0 atom stereocenters. The zero-order valence-corrected chi connectivity index (χ0v) is 15.1. The number of pyridine rings is 1. The maximum Gasteiger partial charge on any atom is 0.416 e. The maximum atomic E-state index is 12.6. The van der Waals surface area contributed by atoms with Gasteiger partial charge in [0.1, 0.15) is 17.7 Å². The summed E-state index contributed by atoms with van der Waals surface area (Å²) in [4.78, 5) is 33.7. The number of nitrogens with two attached hydrogens (primary N) is 1. The van der Waals surface area contributed by atoms with Crippen LogP contribution in [0, 0.1) is 5.92 Å². The lowest BCUT2D eigenvalue weighted by atomic mass is 10.2. The van der Waals surface area contributed by atoms with Crippen molar-refractivity contribution in [3.8, 4) is 11.5 Å². The van der Waals surface area contributed by atoms with Gasteiger partial charge in [-0.05, 0) is 51.7 Å². The van der Waals surface area contributed by atoms with E-state index in [0.29, 0.717) is 23.8 Å². The number of carbonyl (C=O) groups is 2. The van der Waals surface area contributed by atoms with E-state index in [0.717, 1.165) is 12.8 Å². The lowest BCUT2D eigenvalue weighted by molar-refractivity contribution is 0.0577. The molecule has 1 saturated carbocycles. The number of aromatic nitrogens is 2. The van der Waals surface area contributed by atoms with Crippen molar-refractivity contribution in [2.75, 3.05) is 11.4 Å². The summed E-state index contributed by atoms with van der Waals surface area (Å²) < 4.78 is 10.8. The maximum absolute atomic E-state index is 12.6. The molecule has 0 saturated heterocycles. The number of nitrogens with zero attached hydrogens (tertiary/aromatic N) is 3. The summed E-state index contributed by atoms with van der Waals surface area (Å²) in [6.07, 6.45) is 4.48. The first-order chi connectivity index (χ1) is 12.2. The van der Waals surface area contributed by atoms with Gasteiger partial charge in [-0.2, -0.15) is 0 Å². The van der Waals surface area contributed by atoms with Crippen molar-refractivity contribution in [1.82, 2.24) is 9.97 Å². The molecule has 8 nitrogen and oxygen atoms in total. The van der Waals surface area contributed by atoms with Gasteiger partial charge in [-0.1, -0.05) is 0 Å². The molecule has 0 unspecified atom stereocenters. The van der Waals surface area contributed by atoms with Gasteiger partial charge in [0, 0.05) is 18.3 Å². The van der Waals surface area contributed by atoms with E-state index in [1.165, 1.54) is 11.2 Å². The molecule has 0 spiro atoms. The Bertz CT molecular complexity index is 821. The first-order valence-corrected chi connectivity index (χ1v) is 8.45. The Morgan fingerprint density at radius 2 is 2.12 bits per heavy atom. The van der Waals surface area contributed by atoms with Crippen molar-refractivity contribution < 1.29 is 18.7 Å². The molecule has 138 valence electrons. The number of rotatable bonds is 5. The zero-order chi connectivity index (χ0) is 18.9. The van der Waals surface area contributed by atoms with Crippen molar-refractivity contribution in [3.05, 3.63) is 30.3 Å². The van der Waals surface area contributed by atoms with Crippen LogP contribution >= 0.6 is 0 Å². The van der Waals surface area contributed by atoms with E-state index in [1.807, 2.05) is 20.8 Å². The molecule has 2 N–H and O–H groups in total. The minimum absolute atomic E-state index is 0.0420. The number of primary amides is 1. The van der Waals surface area contributed by atoms with Gasteiger partial charge in [-0.25, -0.2) is 14.8 Å².